The van der Waals surface area contributed by atoms with Crippen LogP contribution in [0.4, 0.5) is 0 Å². The van der Waals surface area contributed by atoms with Gasteiger partial charge in [0, 0.05) is 18.3 Å². The Bertz CT molecular complexity index is 1240. The van der Waals surface area contributed by atoms with Crippen LogP contribution in [0.1, 0.15) is 11.1 Å². The Morgan fingerprint density at radius 1 is 1.03 bits per heavy atom. The highest BCUT2D eigenvalue weighted by Gasteiger charge is 2.11. The lowest BCUT2D eigenvalue weighted by Gasteiger charge is -2.15. The molecule has 5 N–H and O–H groups in total. The van der Waals surface area contributed by atoms with E-state index >= 15 is 0 Å². The van der Waals surface area contributed by atoms with Gasteiger partial charge in [0.25, 0.3) is 0 Å². The van der Waals surface area contributed by atoms with Crippen molar-refractivity contribution in [1.82, 2.24) is 15.3 Å². The van der Waals surface area contributed by atoms with Crippen molar-refractivity contribution in [3.63, 3.8) is 0 Å². The second-order valence-electron chi connectivity index (χ2n) is 8.20. The summed E-state index contributed by atoms with van der Waals surface area (Å²) in [6.45, 7) is 3.39. The van der Waals surface area contributed by atoms with Crippen molar-refractivity contribution >= 4 is 36.2 Å². The summed E-state index contributed by atoms with van der Waals surface area (Å²) in [6.07, 6.45) is 2.13. The molecule has 0 bridgehead atoms. The largest absolute Gasteiger partial charge is 0.493 e. The zero-order valence-corrected chi connectivity index (χ0v) is 24.0. The quantitative estimate of drug-likeness (QED) is 0.207. The first-order chi connectivity index (χ1) is 17.1. The maximum Gasteiger partial charge on any atom is 0.160 e. The van der Waals surface area contributed by atoms with Crippen LogP contribution >= 0.6 is 36.2 Å². The number of hydrogen-bond acceptors (Lipinski definition) is 7. The van der Waals surface area contributed by atoms with Crippen LogP contribution in [0, 0.1) is 6.92 Å². The van der Waals surface area contributed by atoms with Crippen LogP contribution in [0.3, 0.4) is 0 Å². The van der Waals surface area contributed by atoms with E-state index in [9.17, 15) is 5.11 Å². The average Bonchev–Trinajstić information content (AvgIpc) is 3.58. The third-order valence-corrected chi connectivity index (χ3v) is 6.54. The third kappa shape index (κ3) is 8.62. The molecule has 0 aliphatic carbocycles. The second kappa shape index (κ2) is 16.2. The highest BCUT2D eigenvalue weighted by Crippen LogP contribution is 2.29. The number of H-pyrrole nitrogens is 1. The van der Waals surface area contributed by atoms with Crippen molar-refractivity contribution in [1.29, 1.82) is 0 Å². The summed E-state index contributed by atoms with van der Waals surface area (Å²) in [5.74, 6) is 3.01. The molecule has 8 nitrogen and oxygen atoms in total. The van der Waals surface area contributed by atoms with Crippen LogP contribution < -0.4 is 19.5 Å². The first kappa shape index (κ1) is 33.2. The van der Waals surface area contributed by atoms with Gasteiger partial charge in [-0.3, -0.25) is 0 Å². The van der Waals surface area contributed by atoms with Gasteiger partial charge in [-0.25, -0.2) is 4.98 Å². The minimum Gasteiger partial charge on any atom is -0.493 e. The monoisotopic (exact) mass is 583 g/mol. The number of aromatic nitrogens is 2. The van der Waals surface area contributed by atoms with Crippen molar-refractivity contribution in [3.8, 4) is 39.2 Å². The number of nitrogens with one attached hydrogen (secondary N) is 2. The van der Waals surface area contributed by atoms with Crippen LogP contribution in [-0.2, 0) is 6.42 Å². The molecule has 0 aliphatic heterocycles. The van der Waals surface area contributed by atoms with Crippen molar-refractivity contribution in [2.75, 3.05) is 33.9 Å². The average molecular weight is 585 g/mol. The molecule has 2 aromatic heterocycles. The molecule has 0 unspecified atom stereocenters. The summed E-state index contributed by atoms with van der Waals surface area (Å²) in [7, 11) is 3.25. The molecule has 208 valence electrons. The summed E-state index contributed by atoms with van der Waals surface area (Å²) in [4.78, 5) is 9.09. The van der Waals surface area contributed by atoms with E-state index in [1.54, 1.807) is 25.6 Å². The molecular formula is C27H35Cl2N3O5S. The molecule has 0 fully saturated rings. The number of benzene rings is 2. The maximum atomic E-state index is 10.3. The Balaban J connectivity index is 0.00000241. The lowest BCUT2D eigenvalue weighted by Crippen LogP contribution is -2.32. The number of thiophene rings is 1. The molecule has 0 saturated heterocycles. The van der Waals surface area contributed by atoms with Gasteiger partial charge < -0.3 is 35.1 Å². The van der Waals surface area contributed by atoms with Crippen molar-refractivity contribution in [2.45, 2.75) is 19.4 Å². The predicted molar refractivity (Wildman–Crippen MR) is 158 cm³/mol. The van der Waals surface area contributed by atoms with Gasteiger partial charge in [-0.1, -0.05) is 12.1 Å². The van der Waals surface area contributed by atoms with Gasteiger partial charge in [-0.2, -0.15) is 0 Å². The van der Waals surface area contributed by atoms with Gasteiger partial charge in [0.15, 0.2) is 11.5 Å². The number of ether oxygens (including phenoxy) is 3. The Morgan fingerprint density at radius 2 is 1.79 bits per heavy atom. The fraction of sp³-hybridized carbons (Fsp3) is 0.296. The molecule has 38 heavy (non-hydrogen) atoms. The maximum absolute atomic E-state index is 10.3. The first-order valence-corrected chi connectivity index (χ1v) is 12.4. The summed E-state index contributed by atoms with van der Waals surface area (Å²) in [5.41, 5.74) is 4.06. The summed E-state index contributed by atoms with van der Waals surface area (Å²) in [5, 5.41) is 15.7. The standard InChI is InChI=1S/C27H31N3O4S.2ClH.H2O/c1-18-13-20(27-29-16-22(30-27)26-5-4-12-35-26)7-9-23(18)34-17-21(31)15-28-11-10-19-6-8-24(32-2)25(14-19)33-3;;;/h4-9,12-14,16,21,28,31H,10-11,15,17H2,1-3H3,(H,29,30);2*1H;1H2/t21-;;;/m0.../s1. The summed E-state index contributed by atoms with van der Waals surface area (Å²) < 4.78 is 16.5. The van der Waals surface area contributed by atoms with Gasteiger partial charge in [0.2, 0.25) is 0 Å². The van der Waals surface area contributed by atoms with Gasteiger partial charge in [-0.15, -0.1) is 36.2 Å². The van der Waals surface area contributed by atoms with E-state index in [1.807, 2.05) is 61.0 Å². The Kier molecular flexibility index (Phi) is 14.2. The van der Waals surface area contributed by atoms with Crippen LogP contribution in [0.2, 0.25) is 0 Å². The highest BCUT2D eigenvalue weighted by atomic mass is 35.5. The predicted octanol–water partition coefficient (Wildman–Crippen LogP) is 4.72. The van der Waals surface area contributed by atoms with Gasteiger partial charge in [-0.05, 0) is 72.8 Å². The smallest absolute Gasteiger partial charge is 0.160 e. The number of aliphatic hydroxyl groups is 1. The van der Waals surface area contributed by atoms with Crippen LogP contribution in [-0.4, -0.2) is 60.6 Å². The van der Waals surface area contributed by atoms with Crippen molar-refractivity contribution < 1.29 is 24.8 Å². The molecule has 1 atom stereocenters. The second-order valence-corrected chi connectivity index (χ2v) is 9.15. The first-order valence-electron chi connectivity index (χ1n) is 11.5. The fourth-order valence-electron chi connectivity index (χ4n) is 3.76. The number of aromatic amines is 1. The molecule has 0 radical (unpaired) electrons. The van der Waals surface area contributed by atoms with E-state index in [1.165, 1.54) is 0 Å². The van der Waals surface area contributed by atoms with Crippen LogP contribution in [0.25, 0.3) is 22.0 Å². The zero-order chi connectivity index (χ0) is 24.6. The van der Waals surface area contributed by atoms with E-state index in [0.717, 1.165) is 57.6 Å². The number of aliphatic hydroxyl groups excluding tert-OH is 1. The fourth-order valence-corrected chi connectivity index (χ4v) is 4.45. The molecule has 4 rings (SSSR count). The summed E-state index contributed by atoms with van der Waals surface area (Å²) >= 11 is 1.67. The zero-order valence-electron chi connectivity index (χ0n) is 21.5. The minimum atomic E-state index is -0.613. The number of nitrogens with zero attached hydrogens (tertiary/aromatic N) is 1. The molecule has 0 saturated carbocycles. The molecular weight excluding hydrogens is 549 g/mol. The van der Waals surface area contributed by atoms with E-state index in [2.05, 4.69) is 16.4 Å². The van der Waals surface area contributed by atoms with Gasteiger partial charge in [0.1, 0.15) is 24.3 Å². The molecule has 2 aromatic carbocycles. The van der Waals surface area contributed by atoms with Crippen molar-refractivity contribution in [3.05, 3.63) is 71.2 Å². The lowest BCUT2D eigenvalue weighted by molar-refractivity contribution is 0.106. The third-order valence-electron chi connectivity index (χ3n) is 5.65. The van der Waals surface area contributed by atoms with E-state index in [4.69, 9.17) is 19.2 Å². The number of imidazole rings is 1. The van der Waals surface area contributed by atoms with E-state index in [0.29, 0.717) is 12.3 Å². The SMILES string of the molecule is COc1ccc(CCNC[C@H](O)COc2ccc(-c3nc(-c4cccs4)c[nH]3)cc2C)cc1OC.Cl.Cl.O. The molecule has 0 aliphatic rings. The molecule has 2 heterocycles. The number of aryl methyl sites for hydroxylation is 1. The number of methoxy groups -OCH3 is 2. The molecule has 11 heteroatoms. The number of hydrogen-bond donors (Lipinski definition) is 3. The Hall–Kier alpha value is -2.79. The van der Waals surface area contributed by atoms with Crippen LogP contribution in [0.5, 0.6) is 17.2 Å². The normalized spacial score (nSPS) is 10.9. The molecule has 4 aromatic rings. The number of rotatable bonds is 12. The number of halogens is 2. The molecule has 0 amide bonds. The topological polar surface area (TPSA) is 120 Å². The van der Waals surface area contributed by atoms with E-state index < -0.39 is 6.10 Å². The minimum absolute atomic E-state index is 0. The lowest BCUT2D eigenvalue weighted by atomic mass is 10.1. The summed E-state index contributed by atoms with van der Waals surface area (Å²) in [6, 6.07) is 15.9. The highest BCUT2D eigenvalue weighted by molar-refractivity contribution is 7.13. The van der Waals surface area contributed by atoms with E-state index in [-0.39, 0.29) is 36.9 Å². The van der Waals surface area contributed by atoms with Gasteiger partial charge >= 0.3 is 0 Å². The Morgan fingerprint density at radius 3 is 2.47 bits per heavy atom. The van der Waals surface area contributed by atoms with Crippen molar-refractivity contribution in [2.24, 2.45) is 0 Å². The van der Waals surface area contributed by atoms with Crippen LogP contribution in [0.15, 0.2) is 60.1 Å². The molecule has 0 spiro atoms. The Labute approximate surface area is 239 Å². The van der Waals surface area contributed by atoms with Gasteiger partial charge in [0.05, 0.1) is 24.8 Å².